The lowest BCUT2D eigenvalue weighted by molar-refractivity contribution is -0.139. The Morgan fingerprint density at radius 2 is 1.65 bits per heavy atom. The monoisotopic (exact) mass is 356 g/mol. The van der Waals surface area contributed by atoms with Crippen LogP contribution >= 0.6 is 0 Å². The molecule has 0 fully saturated rings. The molecular formula is C20H20O6. The van der Waals surface area contributed by atoms with Gasteiger partial charge in [0, 0.05) is 23.9 Å². The van der Waals surface area contributed by atoms with E-state index in [0.29, 0.717) is 5.39 Å². The van der Waals surface area contributed by atoms with E-state index in [1.165, 1.54) is 6.92 Å². The van der Waals surface area contributed by atoms with Crippen LogP contribution in [-0.2, 0) is 23.9 Å². The van der Waals surface area contributed by atoms with E-state index in [9.17, 15) is 14.4 Å². The molecule has 0 aliphatic carbocycles. The van der Waals surface area contributed by atoms with Gasteiger partial charge >= 0.3 is 17.9 Å². The van der Waals surface area contributed by atoms with E-state index in [0.717, 1.165) is 11.5 Å². The Hall–Kier alpha value is -3.15. The first-order chi connectivity index (χ1) is 12.5. The Bertz CT molecular complexity index is 866. The van der Waals surface area contributed by atoms with Crippen LogP contribution in [-0.4, -0.2) is 31.1 Å². The van der Waals surface area contributed by atoms with Crippen LogP contribution in [0.5, 0.6) is 5.75 Å². The van der Waals surface area contributed by atoms with Gasteiger partial charge in [0.25, 0.3) is 0 Å². The van der Waals surface area contributed by atoms with E-state index in [2.05, 4.69) is 0 Å². The fourth-order valence-electron chi connectivity index (χ4n) is 2.47. The Labute approximate surface area is 151 Å². The third-order valence-corrected chi connectivity index (χ3v) is 3.46. The van der Waals surface area contributed by atoms with Gasteiger partial charge in [-0.25, -0.2) is 9.59 Å². The maximum atomic E-state index is 12.4. The molecule has 6 nitrogen and oxygen atoms in total. The molecule has 0 aliphatic rings. The number of benzene rings is 2. The molecule has 0 bridgehead atoms. The minimum atomic E-state index is -0.704. The van der Waals surface area contributed by atoms with Crippen LogP contribution < -0.4 is 4.74 Å². The first kappa shape index (κ1) is 19.2. The Morgan fingerprint density at radius 1 is 0.962 bits per heavy atom. The van der Waals surface area contributed by atoms with Crippen LogP contribution in [0.25, 0.3) is 16.3 Å². The third-order valence-electron chi connectivity index (χ3n) is 3.46. The topological polar surface area (TPSA) is 78.9 Å². The van der Waals surface area contributed by atoms with Crippen LogP contribution in [0.2, 0.25) is 0 Å². The molecule has 0 spiro atoms. The molecule has 6 heteroatoms. The predicted molar refractivity (Wildman–Crippen MR) is 96.5 cm³/mol. The quantitative estimate of drug-likeness (QED) is 0.449. The number of esters is 3. The van der Waals surface area contributed by atoms with E-state index < -0.39 is 17.9 Å². The standard InChI is InChI=1S/C20H20O6/c1-4-24-18(22)12-17(20(23)25-5-2)16-11-10-14-8-6-7-9-15(14)19(16)26-13(3)21/h6-12H,4-5H2,1-3H3/b17-12-. The zero-order valence-corrected chi connectivity index (χ0v) is 14.9. The van der Waals surface area contributed by atoms with Crippen LogP contribution in [0.15, 0.2) is 42.5 Å². The summed E-state index contributed by atoms with van der Waals surface area (Å²) in [5.41, 5.74) is 0.248. The fourth-order valence-corrected chi connectivity index (χ4v) is 2.47. The van der Waals surface area contributed by atoms with Crippen molar-refractivity contribution in [2.45, 2.75) is 20.8 Å². The number of hydrogen-bond acceptors (Lipinski definition) is 6. The Morgan fingerprint density at radius 3 is 2.31 bits per heavy atom. The van der Waals surface area contributed by atoms with Gasteiger partial charge in [0.2, 0.25) is 0 Å². The smallest absolute Gasteiger partial charge is 0.339 e. The molecule has 0 N–H and O–H groups in total. The molecule has 2 rings (SSSR count). The predicted octanol–water partition coefficient (Wildman–Crippen LogP) is 3.27. The molecule has 26 heavy (non-hydrogen) atoms. The highest BCUT2D eigenvalue weighted by Gasteiger charge is 2.22. The van der Waals surface area contributed by atoms with Crippen LogP contribution in [0, 0.1) is 0 Å². The first-order valence-electron chi connectivity index (χ1n) is 8.24. The molecule has 0 aromatic heterocycles. The Kier molecular flexibility index (Phi) is 6.49. The summed E-state index contributed by atoms with van der Waals surface area (Å²) >= 11 is 0. The van der Waals surface area contributed by atoms with Crippen molar-refractivity contribution < 1.29 is 28.6 Å². The average Bonchev–Trinajstić information content (AvgIpc) is 2.60. The highest BCUT2D eigenvalue weighted by atomic mass is 16.5. The van der Waals surface area contributed by atoms with Crippen molar-refractivity contribution >= 4 is 34.3 Å². The van der Waals surface area contributed by atoms with Gasteiger partial charge in [-0.1, -0.05) is 30.3 Å². The summed E-state index contributed by atoms with van der Waals surface area (Å²) < 4.78 is 15.3. The lowest BCUT2D eigenvalue weighted by atomic mass is 9.99. The molecule has 0 atom stereocenters. The Balaban J connectivity index is 2.69. The molecule has 0 unspecified atom stereocenters. The maximum Gasteiger partial charge on any atom is 0.339 e. The average molecular weight is 356 g/mol. The van der Waals surface area contributed by atoms with Crippen molar-refractivity contribution in [1.82, 2.24) is 0 Å². The number of rotatable bonds is 6. The number of ether oxygens (including phenoxy) is 3. The van der Waals surface area contributed by atoms with Crippen molar-refractivity contribution in [3.05, 3.63) is 48.0 Å². The number of fused-ring (bicyclic) bond motifs is 1. The van der Waals surface area contributed by atoms with Gasteiger partial charge in [-0.15, -0.1) is 0 Å². The summed E-state index contributed by atoms with van der Waals surface area (Å²) in [6.07, 6.45) is 1.05. The second-order valence-corrected chi connectivity index (χ2v) is 5.29. The van der Waals surface area contributed by atoms with Crippen molar-refractivity contribution in [3.63, 3.8) is 0 Å². The number of carbonyl (C=O) groups excluding carboxylic acids is 3. The second kappa shape index (κ2) is 8.80. The maximum absolute atomic E-state index is 12.4. The van der Waals surface area contributed by atoms with E-state index in [-0.39, 0.29) is 30.1 Å². The lowest BCUT2D eigenvalue weighted by Gasteiger charge is -2.14. The van der Waals surface area contributed by atoms with E-state index in [4.69, 9.17) is 14.2 Å². The molecule has 0 amide bonds. The number of carbonyl (C=O) groups is 3. The van der Waals surface area contributed by atoms with Gasteiger partial charge in [-0.2, -0.15) is 0 Å². The van der Waals surface area contributed by atoms with Gasteiger partial charge < -0.3 is 14.2 Å². The van der Waals surface area contributed by atoms with Crippen molar-refractivity contribution in [2.24, 2.45) is 0 Å². The molecule has 2 aromatic carbocycles. The van der Waals surface area contributed by atoms with Crippen LogP contribution in [0.1, 0.15) is 26.3 Å². The van der Waals surface area contributed by atoms with Gasteiger partial charge in [0.05, 0.1) is 18.8 Å². The summed E-state index contributed by atoms with van der Waals surface area (Å²) in [7, 11) is 0. The first-order valence-corrected chi connectivity index (χ1v) is 8.24. The van der Waals surface area contributed by atoms with E-state index in [1.807, 2.05) is 12.1 Å². The van der Waals surface area contributed by atoms with Crippen LogP contribution in [0.4, 0.5) is 0 Å². The summed E-state index contributed by atoms with van der Waals surface area (Å²) in [6, 6.07) is 10.6. The van der Waals surface area contributed by atoms with Gasteiger partial charge in [0.15, 0.2) is 0 Å². The molecule has 0 saturated carbocycles. The highest BCUT2D eigenvalue weighted by molar-refractivity contribution is 6.22. The minimum absolute atomic E-state index is 0.0349. The fraction of sp³-hybridized carbons (Fsp3) is 0.250. The molecule has 136 valence electrons. The lowest BCUT2D eigenvalue weighted by Crippen LogP contribution is -2.12. The normalized spacial score (nSPS) is 11.1. The zero-order chi connectivity index (χ0) is 19.1. The zero-order valence-electron chi connectivity index (χ0n) is 14.9. The van der Waals surface area contributed by atoms with Crippen molar-refractivity contribution in [3.8, 4) is 5.75 Å². The van der Waals surface area contributed by atoms with Gasteiger partial charge in [0.1, 0.15) is 5.75 Å². The number of hydrogen-bond donors (Lipinski definition) is 0. The molecule has 0 heterocycles. The van der Waals surface area contributed by atoms with Crippen LogP contribution in [0.3, 0.4) is 0 Å². The largest absolute Gasteiger partial charge is 0.463 e. The molecule has 0 radical (unpaired) electrons. The second-order valence-electron chi connectivity index (χ2n) is 5.29. The van der Waals surface area contributed by atoms with Crippen molar-refractivity contribution in [2.75, 3.05) is 13.2 Å². The third kappa shape index (κ3) is 4.47. The summed E-state index contributed by atoms with van der Waals surface area (Å²) in [5.74, 6) is -1.73. The molecule has 0 saturated heterocycles. The SMILES string of the molecule is CCOC(=O)/C=C(\C(=O)OCC)c1ccc2ccccc2c1OC(C)=O. The van der Waals surface area contributed by atoms with Crippen molar-refractivity contribution in [1.29, 1.82) is 0 Å². The summed E-state index contributed by atoms with van der Waals surface area (Å²) in [6.45, 7) is 4.89. The minimum Gasteiger partial charge on any atom is -0.463 e. The molecular weight excluding hydrogens is 336 g/mol. The highest BCUT2D eigenvalue weighted by Crippen LogP contribution is 2.35. The van der Waals surface area contributed by atoms with E-state index in [1.54, 1.807) is 38.1 Å². The van der Waals surface area contributed by atoms with E-state index >= 15 is 0 Å². The summed E-state index contributed by atoms with van der Waals surface area (Å²) in [5, 5.41) is 1.46. The van der Waals surface area contributed by atoms with Gasteiger partial charge in [-0.05, 0) is 25.3 Å². The van der Waals surface area contributed by atoms with Gasteiger partial charge in [-0.3, -0.25) is 4.79 Å². The molecule has 2 aromatic rings. The molecule has 0 aliphatic heterocycles. The summed E-state index contributed by atoms with van der Waals surface area (Å²) in [4.78, 5) is 35.9.